The zero-order valence-electron chi connectivity index (χ0n) is 7.90. The van der Waals surface area contributed by atoms with Crippen molar-refractivity contribution in [2.24, 2.45) is 0 Å². The summed E-state index contributed by atoms with van der Waals surface area (Å²) < 4.78 is 1.19. The van der Waals surface area contributed by atoms with E-state index >= 15 is 0 Å². The van der Waals surface area contributed by atoms with Gasteiger partial charge in [0.05, 0.1) is 6.42 Å². The van der Waals surface area contributed by atoms with Crippen LogP contribution < -0.4 is 0 Å². The zero-order valence-corrected chi connectivity index (χ0v) is 10.1. The molecule has 15 heavy (non-hydrogen) atoms. The van der Waals surface area contributed by atoms with Gasteiger partial charge in [-0.25, -0.2) is 0 Å². The molecule has 2 aromatic carbocycles. The molecule has 0 unspecified atom stereocenters. The van der Waals surface area contributed by atoms with Gasteiger partial charge in [0.15, 0.2) is 0 Å². The van der Waals surface area contributed by atoms with E-state index in [4.69, 9.17) is 5.11 Å². The van der Waals surface area contributed by atoms with Crippen LogP contribution in [-0.2, 0) is 11.2 Å². The van der Waals surface area contributed by atoms with E-state index in [9.17, 15) is 4.79 Å². The highest BCUT2D eigenvalue weighted by molar-refractivity contribution is 14.1. The van der Waals surface area contributed by atoms with Crippen LogP contribution in [0.1, 0.15) is 5.56 Å². The average molecular weight is 312 g/mol. The molecule has 2 aromatic rings. The topological polar surface area (TPSA) is 37.3 Å². The van der Waals surface area contributed by atoms with Crippen molar-refractivity contribution in [2.45, 2.75) is 6.42 Å². The highest BCUT2D eigenvalue weighted by Gasteiger charge is 2.01. The number of carboxylic acids is 1. The summed E-state index contributed by atoms with van der Waals surface area (Å²) in [6.07, 6.45) is 0.0852. The molecule has 76 valence electrons. The Morgan fingerprint density at radius 3 is 2.53 bits per heavy atom. The van der Waals surface area contributed by atoms with E-state index in [2.05, 4.69) is 28.7 Å². The summed E-state index contributed by atoms with van der Waals surface area (Å²) in [7, 11) is 0. The molecule has 0 atom stereocenters. The molecule has 0 radical (unpaired) electrons. The molecular formula is C12H9IO2. The van der Waals surface area contributed by atoms with E-state index in [1.807, 2.05) is 30.3 Å². The second-order valence-electron chi connectivity index (χ2n) is 3.40. The number of aliphatic carboxylic acids is 1. The monoisotopic (exact) mass is 312 g/mol. The van der Waals surface area contributed by atoms with Gasteiger partial charge in [-0.1, -0.05) is 24.3 Å². The number of carboxylic acid groups (broad SMARTS) is 1. The number of halogens is 1. The number of hydrogen-bond acceptors (Lipinski definition) is 1. The van der Waals surface area contributed by atoms with Crippen molar-refractivity contribution in [3.8, 4) is 0 Å². The van der Waals surface area contributed by atoms with Crippen LogP contribution in [0.3, 0.4) is 0 Å². The molecule has 1 N–H and O–H groups in total. The lowest BCUT2D eigenvalue weighted by Gasteiger charge is -2.01. The summed E-state index contributed by atoms with van der Waals surface area (Å²) in [6.45, 7) is 0. The van der Waals surface area contributed by atoms with E-state index in [1.54, 1.807) is 0 Å². The number of benzene rings is 2. The van der Waals surface area contributed by atoms with Gasteiger partial charge in [-0.3, -0.25) is 4.79 Å². The van der Waals surface area contributed by atoms with Crippen molar-refractivity contribution in [3.05, 3.63) is 45.5 Å². The Morgan fingerprint density at radius 1 is 1.13 bits per heavy atom. The van der Waals surface area contributed by atoms with Crippen LogP contribution in [0.4, 0.5) is 0 Å². The Balaban J connectivity index is 2.47. The first kappa shape index (κ1) is 10.4. The predicted molar refractivity (Wildman–Crippen MR) is 68.0 cm³/mol. The summed E-state index contributed by atoms with van der Waals surface area (Å²) in [4.78, 5) is 10.6. The summed E-state index contributed by atoms with van der Waals surface area (Å²) in [5, 5.41) is 10.9. The molecule has 0 aliphatic heterocycles. The van der Waals surface area contributed by atoms with E-state index in [-0.39, 0.29) is 6.42 Å². The summed E-state index contributed by atoms with van der Waals surface area (Å²) in [5.74, 6) is -0.792. The Hall–Kier alpha value is -1.10. The summed E-state index contributed by atoms with van der Waals surface area (Å²) in [6, 6.07) is 11.9. The minimum atomic E-state index is -0.792. The average Bonchev–Trinajstić information content (AvgIpc) is 2.17. The van der Waals surface area contributed by atoms with Gasteiger partial charge in [-0.2, -0.15) is 0 Å². The molecule has 0 saturated carbocycles. The quantitative estimate of drug-likeness (QED) is 0.865. The molecule has 0 saturated heterocycles. The fourth-order valence-electron chi connectivity index (χ4n) is 1.55. The maximum absolute atomic E-state index is 10.6. The molecule has 3 heteroatoms. The molecule has 0 aromatic heterocycles. The van der Waals surface area contributed by atoms with Crippen LogP contribution in [0.2, 0.25) is 0 Å². The van der Waals surface area contributed by atoms with Crippen molar-refractivity contribution >= 4 is 39.3 Å². The van der Waals surface area contributed by atoms with E-state index in [0.29, 0.717) is 0 Å². The van der Waals surface area contributed by atoms with E-state index in [0.717, 1.165) is 16.3 Å². The largest absolute Gasteiger partial charge is 0.481 e. The standard InChI is InChI=1S/C12H9IO2/c13-11-4-3-9-5-8(6-12(14)15)1-2-10(9)7-11/h1-5,7H,6H2,(H,14,15). The maximum Gasteiger partial charge on any atom is 0.307 e. The van der Waals surface area contributed by atoms with Crippen molar-refractivity contribution in [1.82, 2.24) is 0 Å². The van der Waals surface area contributed by atoms with Crippen molar-refractivity contribution in [3.63, 3.8) is 0 Å². The smallest absolute Gasteiger partial charge is 0.307 e. The minimum absolute atomic E-state index is 0.0852. The number of carbonyl (C=O) groups is 1. The molecule has 0 amide bonds. The van der Waals surface area contributed by atoms with Crippen LogP contribution in [0.25, 0.3) is 10.8 Å². The first-order valence-electron chi connectivity index (χ1n) is 4.55. The van der Waals surface area contributed by atoms with Crippen molar-refractivity contribution in [1.29, 1.82) is 0 Å². The van der Waals surface area contributed by atoms with Crippen molar-refractivity contribution in [2.75, 3.05) is 0 Å². The highest BCUT2D eigenvalue weighted by Crippen LogP contribution is 2.19. The number of hydrogen-bond donors (Lipinski definition) is 1. The van der Waals surface area contributed by atoms with Gasteiger partial charge >= 0.3 is 5.97 Å². The molecule has 0 fully saturated rings. The third-order valence-corrected chi connectivity index (χ3v) is 2.89. The van der Waals surface area contributed by atoms with Gasteiger partial charge in [0.1, 0.15) is 0 Å². The SMILES string of the molecule is O=C(O)Cc1ccc2cc(I)ccc2c1. The Labute approximate surface area is 101 Å². The first-order chi connectivity index (χ1) is 7.15. The second kappa shape index (κ2) is 4.18. The van der Waals surface area contributed by atoms with E-state index < -0.39 is 5.97 Å². The Morgan fingerprint density at radius 2 is 1.80 bits per heavy atom. The first-order valence-corrected chi connectivity index (χ1v) is 5.63. The number of rotatable bonds is 2. The lowest BCUT2D eigenvalue weighted by Crippen LogP contribution is -1.99. The number of fused-ring (bicyclic) bond motifs is 1. The normalized spacial score (nSPS) is 10.5. The molecule has 0 spiro atoms. The summed E-state index contributed by atoms with van der Waals surface area (Å²) >= 11 is 2.26. The van der Waals surface area contributed by atoms with Crippen LogP contribution in [-0.4, -0.2) is 11.1 Å². The van der Waals surface area contributed by atoms with Gasteiger partial charge in [0.2, 0.25) is 0 Å². The molecule has 0 heterocycles. The van der Waals surface area contributed by atoms with Crippen LogP contribution in [0, 0.1) is 3.57 Å². The fraction of sp³-hybridized carbons (Fsp3) is 0.0833. The molecule has 2 rings (SSSR count). The van der Waals surface area contributed by atoms with Crippen LogP contribution in [0.15, 0.2) is 36.4 Å². The van der Waals surface area contributed by atoms with Crippen LogP contribution >= 0.6 is 22.6 Å². The van der Waals surface area contributed by atoms with Gasteiger partial charge in [0.25, 0.3) is 0 Å². The third kappa shape index (κ3) is 2.47. The minimum Gasteiger partial charge on any atom is -0.481 e. The lowest BCUT2D eigenvalue weighted by molar-refractivity contribution is -0.136. The van der Waals surface area contributed by atoms with Crippen LogP contribution in [0.5, 0.6) is 0 Å². The predicted octanol–water partition coefficient (Wildman–Crippen LogP) is 3.07. The van der Waals surface area contributed by atoms with Crippen molar-refractivity contribution < 1.29 is 9.90 Å². The van der Waals surface area contributed by atoms with Gasteiger partial charge in [0, 0.05) is 3.57 Å². The van der Waals surface area contributed by atoms with Gasteiger partial charge in [-0.05, 0) is 51.1 Å². The fourth-order valence-corrected chi connectivity index (χ4v) is 2.07. The Bertz CT molecular complexity index is 520. The lowest BCUT2D eigenvalue weighted by atomic mass is 10.1. The molecular weight excluding hydrogens is 303 g/mol. The Kier molecular flexibility index (Phi) is 2.90. The summed E-state index contributed by atoms with van der Waals surface area (Å²) in [5.41, 5.74) is 0.844. The molecule has 0 aliphatic rings. The third-order valence-electron chi connectivity index (χ3n) is 2.22. The molecule has 2 nitrogen and oxygen atoms in total. The molecule has 0 aliphatic carbocycles. The van der Waals surface area contributed by atoms with Gasteiger partial charge < -0.3 is 5.11 Å². The second-order valence-corrected chi connectivity index (χ2v) is 4.64. The zero-order chi connectivity index (χ0) is 10.8. The van der Waals surface area contributed by atoms with E-state index in [1.165, 1.54) is 3.57 Å². The maximum atomic E-state index is 10.6. The molecule has 0 bridgehead atoms. The van der Waals surface area contributed by atoms with Gasteiger partial charge in [-0.15, -0.1) is 0 Å². The highest BCUT2D eigenvalue weighted by atomic mass is 127.